The molecule has 0 saturated carbocycles. The lowest BCUT2D eigenvalue weighted by Gasteiger charge is -2.18. The summed E-state index contributed by atoms with van der Waals surface area (Å²) in [5, 5.41) is 3.59. The Balaban J connectivity index is 1.69. The summed E-state index contributed by atoms with van der Waals surface area (Å²) in [6.45, 7) is 7.03. The van der Waals surface area contributed by atoms with Crippen LogP contribution in [-0.4, -0.2) is 28.3 Å². The van der Waals surface area contributed by atoms with E-state index in [0.717, 1.165) is 10.9 Å². The van der Waals surface area contributed by atoms with Crippen molar-refractivity contribution in [3.8, 4) is 0 Å². The first-order chi connectivity index (χ1) is 14.1. The molecule has 6 nitrogen and oxygen atoms in total. The van der Waals surface area contributed by atoms with Gasteiger partial charge in [0.1, 0.15) is 0 Å². The van der Waals surface area contributed by atoms with Crippen molar-refractivity contribution in [2.75, 3.05) is 5.32 Å². The number of anilines is 1. The first-order valence-corrected chi connectivity index (χ1v) is 9.78. The highest BCUT2D eigenvalue weighted by atomic mass is 16.5. The molecule has 3 rings (SSSR count). The number of para-hydroxylation sites is 1. The monoisotopic (exact) mass is 406 g/mol. The lowest BCUT2D eigenvalue weighted by atomic mass is 9.95. The molecule has 3 aromatic rings. The van der Waals surface area contributed by atoms with Crippen molar-refractivity contribution in [1.82, 2.24) is 4.57 Å². The number of rotatable bonds is 5. The molecule has 0 saturated heterocycles. The molecule has 1 aromatic heterocycles. The van der Waals surface area contributed by atoms with Gasteiger partial charge in [0.25, 0.3) is 0 Å². The van der Waals surface area contributed by atoms with E-state index in [1.807, 2.05) is 56.7 Å². The zero-order valence-corrected chi connectivity index (χ0v) is 17.9. The number of ketones is 1. The highest BCUT2D eigenvalue weighted by molar-refractivity contribution is 6.06. The molecule has 6 heteroatoms. The van der Waals surface area contributed by atoms with E-state index in [4.69, 9.17) is 4.74 Å². The van der Waals surface area contributed by atoms with Crippen LogP contribution in [0.3, 0.4) is 0 Å². The molecule has 1 amide bonds. The van der Waals surface area contributed by atoms with Crippen molar-refractivity contribution in [3.05, 3.63) is 65.9 Å². The van der Waals surface area contributed by atoms with Crippen LogP contribution in [0.25, 0.3) is 10.9 Å². The van der Waals surface area contributed by atoms with E-state index < -0.39 is 17.5 Å². The molecule has 0 aliphatic rings. The Kier molecular flexibility index (Phi) is 5.78. The number of nitrogens with zero attached hydrogens (tertiary/aromatic N) is 1. The van der Waals surface area contributed by atoms with Crippen molar-refractivity contribution in [2.45, 2.75) is 33.8 Å². The van der Waals surface area contributed by atoms with Crippen LogP contribution in [0.1, 0.15) is 48.4 Å². The predicted octanol–water partition coefficient (Wildman–Crippen LogP) is 4.59. The van der Waals surface area contributed by atoms with Crippen LogP contribution in [0.5, 0.6) is 0 Å². The number of Topliss-reactive ketones (excluding diaryl/α,β-unsaturated/α-hetero) is 1. The smallest absolute Gasteiger partial charge is 0.341 e. The second-order valence-electron chi connectivity index (χ2n) is 8.36. The van der Waals surface area contributed by atoms with Gasteiger partial charge in [-0.3, -0.25) is 9.59 Å². The van der Waals surface area contributed by atoms with Gasteiger partial charge in [-0.15, -0.1) is 0 Å². The van der Waals surface area contributed by atoms with E-state index >= 15 is 0 Å². The van der Waals surface area contributed by atoms with Gasteiger partial charge in [0.15, 0.2) is 6.10 Å². The van der Waals surface area contributed by atoms with Crippen molar-refractivity contribution >= 4 is 34.3 Å². The van der Waals surface area contributed by atoms with Crippen LogP contribution in [0.15, 0.2) is 54.7 Å². The maximum Gasteiger partial charge on any atom is 0.341 e. The Morgan fingerprint density at radius 1 is 1.00 bits per heavy atom. The topological polar surface area (TPSA) is 77.4 Å². The lowest BCUT2D eigenvalue weighted by molar-refractivity contribution is -0.123. The normalized spacial score (nSPS) is 12.4. The largest absolute Gasteiger partial charge is 0.451 e. The number of aryl methyl sites for hydroxylation is 1. The van der Waals surface area contributed by atoms with Crippen LogP contribution in [-0.2, 0) is 16.6 Å². The maximum absolute atomic E-state index is 12.7. The zero-order chi connectivity index (χ0) is 22.1. The standard InChI is InChI=1S/C24H26N2O4/c1-15(30-22(28)19-14-26(5)20-9-7-6-8-18(19)20)21(27)16-10-12-17(13-11-16)25-23(29)24(2,3)4/h6-15H,1-5H3,(H,25,29)/t15-/m0/s1. The number of benzene rings is 2. The van der Waals surface area contributed by atoms with Crippen LogP contribution in [0, 0.1) is 5.41 Å². The summed E-state index contributed by atoms with van der Waals surface area (Å²) in [5.41, 5.74) is 1.83. The predicted molar refractivity (Wildman–Crippen MR) is 117 cm³/mol. The Morgan fingerprint density at radius 2 is 1.63 bits per heavy atom. The number of carbonyl (C=O) groups is 3. The number of carbonyl (C=O) groups excluding carboxylic acids is 3. The van der Waals surface area contributed by atoms with Gasteiger partial charge in [-0.25, -0.2) is 4.79 Å². The second-order valence-corrected chi connectivity index (χ2v) is 8.36. The minimum atomic E-state index is -0.938. The third-order valence-electron chi connectivity index (χ3n) is 4.88. The first kappa shape index (κ1) is 21.3. The van der Waals surface area contributed by atoms with Crippen LogP contribution in [0.2, 0.25) is 0 Å². The average Bonchev–Trinajstić information content (AvgIpc) is 3.04. The van der Waals surface area contributed by atoms with Gasteiger partial charge in [0, 0.05) is 40.8 Å². The van der Waals surface area contributed by atoms with E-state index in [1.165, 1.54) is 0 Å². The first-order valence-electron chi connectivity index (χ1n) is 9.78. The Labute approximate surface area is 175 Å². The fourth-order valence-corrected chi connectivity index (χ4v) is 3.05. The van der Waals surface area contributed by atoms with E-state index in [0.29, 0.717) is 16.8 Å². The molecule has 0 bridgehead atoms. The van der Waals surface area contributed by atoms with Crippen molar-refractivity contribution < 1.29 is 19.1 Å². The number of amides is 1. The number of fused-ring (bicyclic) bond motifs is 1. The SMILES string of the molecule is C[C@H](OC(=O)c1cn(C)c2ccccc12)C(=O)c1ccc(NC(=O)C(C)(C)C)cc1. The molecule has 1 atom stereocenters. The molecule has 0 aliphatic carbocycles. The summed E-state index contributed by atoms with van der Waals surface area (Å²) in [6, 6.07) is 14.1. The highest BCUT2D eigenvalue weighted by Crippen LogP contribution is 2.22. The van der Waals surface area contributed by atoms with Gasteiger partial charge in [-0.2, -0.15) is 0 Å². The molecular formula is C24H26N2O4. The molecule has 0 radical (unpaired) electrons. The van der Waals surface area contributed by atoms with Crippen molar-refractivity contribution in [2.24, 2.45) is 12.5 Å². The third-order valence-corrected chi connectivity index (χ3v) is 4.88. The van der Waals surface area contributed by atoms with Gasteiger partial charge in [-0.05, 0) is 37.3 Å². The summed E-state index contributed by atoms with van der Waals surface area (Å²) >= 11 is 0. The molecule has 30 heavy (non-hydrogen) atoms. The quantitative estimate of drug-likeness (QED) is 0.497. The summed E-state index contributed by atoms with van der Waals surface area (Å²) < 4.78 is 7.29. The molecule has 0 aliphatic heterocycles. The summed E-state index contributed by atoms with van der Waals surface area (Å²) in [6.07, 6.45) is 0.767. The number of hydrogen-bond acceptors (Lipinski definition) is 4. The highest BCUT2D eigenvalue weighted by Gasteiger charge is 2.24. The summed E-state index contributed by atoms with van der Waals surface area (Å²) in [7, 11) is 1.85. The third kappa shape index (κ3) is 4.43. The lowest BCUT2D eigenvalue weighted by Crippen LogP contribution is -2.27. The Morgan fingerprint density at radius 3 is 2.27 bits per heavy atom. The fraction of sp³-hybridized carbons (Fsp3) is 0.292. The number of nitrogens with one attached hydrogen (secondary N) is 1. The zero-order valence-electron chi connectivity index (χ0n) is 17.9. The minimum Gasteiger partial charge on any atom is -0.451 e. The van der Waals surface area contributed by atoms with E-state index in [1.54, 1.807) is 37.4 Å². The fourth-order valence-electron chi connectivity index (χ4n) is 3.05. The van der Waals surface area contributed by atoms with Crippen molar-refractivity contribution in [1.29, 1.82) is 0 Å². The van der Waals surface area contributed by atoms with Gasteiger partial charge in [0.2, 0.25) is 11.7 Å². The van der Waals surface area contributed by atoms with Crippen LogP contribution >= 0.6 is 0 Å². The maximum atomic E-state index is 12.7. The van der Waals surface area contributed by atoms with Gasteiger partial charge < -0.3 is 14.6 Å². The molecule has 0 unspecified atom stereocenters. The average molecular weight is 406 g/mol. The minimum absolute atomic E-state index is 0.112. The molecular weight excluding hydrogens is 380 g/mol. The van der Waals surface area contributed by atoms with E-state index in [9.17, 15) is 14.4 Å². The number of ether oxygens (including phenoxy) is 1. The van der Waals surface area contributed by atoms with Crippen molar-refractivity contribution in [3.63, 3.8) is 0 Å². The Hall–Kier alpha value is -3.41. The molecule has 1 heterocycles. The molecule has 156 valence electrons. The van der Waals surface area contributed by atoms with Gasteiger partial charge in [-0.1, -0.05) is 39.0 Å². The van der Waals surface area contributed by atoms with Crippen LogP contribution in [0.4, 0.5) is 5.69 Å². The van der Waals surface area contributed by atoms with Gasteiger partial charge in [0.05, 0.1) is 5.56 Å². The molecule has 1 N–H and O–H groups in total. The second kappa shape index (κ2) is 8.14. The summed E-state index contributed by atoms with van der Waals surface area (Å²) in [4.78, 5) is 37.4. The molecule has 2 aromatic carbocycles. The van der Waals surface area contributed by atoms with E-state index in [2.05, 4.69) is 5.32 Å². The molecule has 0 spiro atoms. The van der Waals surface area contributed by atoms with Crippen LogP contribution < -0.4 is 5.32 Å². The number of hydrogen-bond donors (Lipinski definition) is 1. The number of aromatic nitrogens is 1. The number of esters is 1. The van der Waals surface area contributed by atoms with E-state index in [-0.39, 0.29) is 11.7 Å². The molecule has 0 fully saturated rings. The Bertz CT molecular complexity index is 1100. The van der Waals surface area contributed by atoms with Gasteiger partial charge >= 0.3 is 5.97 Å². The summed E-state index contributed by atoms with van der Waals surface area (Å²) in [5.74, 6) is -0.960.